The zero-order valence-electron chi connectivity index (χ0n) is 7.11. The minimum absolute atomic E-state index is 0.00194. The molecule has 72 valence electrons. The standard InChI is InChI=1S/C8H8N4O2/c9-7-5(4-1-2-10-3-4)6(8(13)14)11-12-7/h1-3,10H,(H,13,14)(H3,9,11,12). The van der Waals surface area contributed by atoms with Crippen molar-refractivity contribution < 1.29 is 9.90 Å². The molecule has 2 aromatic rings. The summed E-state index contributed by atoms with van der Waals surface area (Å²) in [6.07, 6.45) is 3.35. The summed E-state index contributed by atoms with van der Waals surface area (Å²) in [5.74, 6) is -0.896. The second-order valence-electron chi connectivity index (χ2n) is 2.76. The Balaban J connectivity index is 2.62. The molecule has 0 amide bonds. The number of carboxylic acids is 1. The van der Waals surface area contributed by atoms with Crippen molar-refractivity contribution in [1.29, 1.82) is 0 Å². The highest BCUT2D eigenvalue weighted by Gasteiger charge is 2.18. The summed E-state index contributed by atoms with van der Waals surface area (Å²) in [6, 6.07) is 1.73. The lowest BCUT2D eigenvalue weighted by molar-refractivity contribution is 0.0691. The van der Waals surface area contributed by atoms with Gasteiger partial charge in [0.15, 0.2) is 11.5 Å². The van der Waals surface area contributed by atoms with Crippen molar-refractivity contribution in [2.45, 2.75) is 0 Å². The molecule has 0 aromatic carbocycles. The Hall–Kier alpha value is -2.24. The van der Waals surface area contributed by atoms with Crippen LogP contribution < -0.4 is 5.73 Å². The Labute approximate surface area is 78.8 Å². The van der Waals surface area contributed by atoms with Gasteiger partial charge in [0, 0.05) is 18.0 Å². The molecule has 0 aliphatic carbocycles. The molecule has 14 heavy (non-hydrogen) atoms. The molecule has 0 atom stereocenters. The number of nitrogens with one attached hydrogen (secondary N) is 2. The molecule has 0 aliphatic rings. The van der Waals surface area contributed by atoms with E-state index in [1.54, 1.807) is 18.5 Å². The maximum absolute atomic E-state index is 10.8. The number of aromatic amines is 2. The fourth-order valence-corrected chi connectivity index (χ4v) is 1.28. The van der Waals surface area contributed by atoms with E-state index in [1.165, 1.54) is 0 Å². The topological polar surface area (TPSA) is 108 Å². The number of anilines is 1. The van der Waals surface area contributed by atoms with Gasteiger partial charge in [-0.3, -0.25) is 5.10 Å². The van der Waals surface area contributed by atoms with Gasteiger partial charge in [-0.2, -0.15) is 5.10 Å². The maximum atomic E-state index is 10.8. The fraction of sp³-hybridized carbons (Fsp3) is 0. The summed E-state index contributed by atoms with van der Waals surface area (Å²) in [6.45, 7) is 0. The lowest BCUT2D eigenvalue weighted by Crippen LogP contribution is -1.99. The number of carbonyl (C=O) groups is 1. The third-order valence-corrected chi connectivity index (χ3v) is 1.89. The first-order chi connectivity index (χ1) is 6.70. The van der Waals surface area contributed by atoms with E-state index >= 15 is 0 Å². The Bertz CT molecular complexity index is 458. The number of rotatable bonds is 2. The van der Waals surface area contributed by atoms with E-state index in [2.05, 4.69) is 15.2 Å². The third kappa shape index (κ3) is 1.13. The van der Waals surface area contributed by atoms with Gasteiger partial charge in [0.1, 0.15) is 0 Å². The van der Waals surface area contributed by atoms with Gasteiger partial charge >= 0.3 is 5.97 Å². The van der Waals surface area contributed by atoms with Crippen LogP contribution in [-0.4, -0.2) is 26.3 Å². The van der Waals surface area contributed by atoms with E-state index in [0.717, 1.165) is 0 Å². The molecule has 2 aromatic heterocycles. The SMILES string of the molecule is Nc1n[nH]c(C(=O)O)c1-c1cc[nH]c1. The Morgan fingerprint density at radius 2 is 2.36 bits per heavy atom. The highest BCUT2D eigenvalue weighted by molar-refractivity contribution is 5.97. The van der Waals surface area contributed by atoms with E-state index in [4.69, 9.17) is 10.8 Å². The first-order valence-corrected chi connectivity index (χ1v) is 3.90. The van der Waals surface area contributed by atoms with Gasteiger partial charge in [0.2, 0.25) is 0 Å². The molecule has 0 unspecified atom stereocenters. The molecule has 0 saturated carbocycles. The molecule has 0 fully saturated rings. The van der Waals surface area contributed by atoms with Crippen LogP contribution in [0.3, 0.4) is 0 Å². The molecular formula is C8H8N4O2. The van der Waals surface area contributed by atoms with Crippen LogP contribution in [-0.2, 0) is 0 Å². The number of nitrogens with two attached hydrogens (primary N) is 1. The van der Waals surface area contributed by atoms with E-state index in [9.17, 15) is 4.79 Å². The Morgan fingerprint density at radius 1 is 1.57 bits per heavy atom. The van der Waals surface area contributed by atoms with Crippen LogP contribution >= 0.6 is 0 Å². The predicted molar refractivity (Wildman–Crippen MR) is 49.7 cm³/mol. The fourth-order valence-electron chi connectivity index (χ4n) is 1.28. The van der Waals surface area contributed by atoms with Crippen LogP contribution in [0.2, 0.25) is 0 Å². The molecule has 5 N–H and O–H groups in total. The Morgan fingerprint density at radius 3 is 2.93 bits per heavy atom. The first-order valence-electron chi connectivity index (χ1n) is 3.90. The molecule has 2 heterocycles. The number of hydrogen-bond acceptors (Lipinski definition) is 3. The Kier molecular flexibility index (Phi) is 1.74. The number of aromatic carboxylic acids is 1. The molecule has 0 bridgehead atoms. The molecule has 2 rings (SSSR count). The zero-order chi connectivity index (χ0) is 10.1. The average Bonchev–Trinajstić information content (AvgIpc) is 2.71. The normalized spacial score (nSPS) is 10.3. The largest absolute Gasteiger partial charge is 0.477 e. The quantitative estimate of drug-likeness (QED) is 0.561. The van der Waals surface area contributed by atoms with Crippen molar-refractivity contribution in [3.8, 4) is 11.1 Å². The lowest BCUT2D eigenvalue weighted by Gasteiger charge is -1.95. The van der Waals surface area contributed by atoms with Crippen molar-refractivity contribution in [2.24, 2.45) is 0 Å². The zero-order valence-corrected chi connectivity index (χ0v) is 7.11. The van der Waals surface area contributed by atoms with E-state index < -0.39 is 5.97 Å². The van der Waals surface area contributed by atoms with Crippen LogP contribution in [0.5, 0.6) is 0 Å². The summed E-state index contributed by atoms with van der Waals surface area (Å²) in [7, 11) is 0. The van der Waals surface area contributed by atoms with E-state index in [-0.39, 0.29) is 11.5 Å². The summed E-state index contributed by atoms with van der Waals surface area (Å²) in [5.41, 5.74) is 6.67. The minimum atomic E-state index is -1.08. The van der Waals surface area contributed by atoms with Crippen LogP contribution in [0.25, 0.3) is 11.1 Å². The van der Waals surface area contributed by atoms with Crippen molar-refractivity contribution in [3.05, 3.63) is 24.2 Å². The van der Waals surface area contributed by atoms with Crippen molar-refractivity contribution in [3.63, 3.8) is 0 Å². The van der Waals surface area contributed by atoms with E-state index in [0.29, 0.717) is 11.1 Å². The molecule has 0 saturated heterocycles. The molecule has 0 spiro atoms. The highest BCUT2D eigenvalue weighted by Crippen LogP contribution is 2.27. The van der Waals surface area contributed by atoms with Crippen LogP contribution in [0.4, 0.5) is 5.82 Å². The number of carboxylic acid groups (broad SMARTS) is 1. The lowest BCUT2D eigenvalue weighted by atomic mass is 10.1. The molecule has 6 nitrogen and oxygen atoms in total. The van der Waals surface area contributed by atoms with Gasteiger partial charge in [-0.25, -0.2) is 4.79 Å². The highest BCUT2D eigenvalue weighted by atomic mass is 16.4. The average molecular weight is 192 g/mol. The van der Waals surface area contributed by atoms with Crippen molar-refractivity contribution >= 4 is 11.8 Å². The summed E-state index contributed by atoms with van der Waals surface area (Å²) < 4.78 is 0. The van der Waals surface area contributed by atoms with Gasteiger partial charge in [0.25, 0.3) is 0 Å². The van der Waals surface area contributed by atoms with Crippen molar-refractivity contribution in [2.75, 3.05) is 5.73 Å². The van der Waals surface area contributed by atoms with Crippen LogP contribution in [0, 0.1) is 0 Å². The van der Waals surface area contributed by atoms with Gasteiger partial charge in [-0.05, 0) is 6.07 Å². The van der Waals surface area contributed by atoms with Gasteiger partial charge in [0.05, 0.1) is 5.56 Å². The van der Waals surface area contributed by atoms with Crippen LogP contribution in [0.1, 0.15) is 10.5 Å². The summed E-state index contributed by atoms with van der Waals surface area (Å²) in [5, 5.41) is 14.9. The number of nitrogens with zero attached hydrogens (tertiary/aromatic N) is 1. The van der Waals surface area contributed by atoms with Crippen LogP contribution in [0.15, 0.2) is 18.5 Å². The molecule has 0 radical (unpaired) electrons. The van der Waals surface area contributed by atoms with Gasteiger partial charge in [-0.1, -0.05) is 0 Å². The first kappa shape index (κ1) is 8.36. The monoisotopic (exact) mass is 192 g/mol. The second kappa shape index (κ2) is 2.91. The summed E-state index contributed by atoms with van der Waals surface area (Å²) >= 11 is 0. The van der Waals surface area contributed by atoms with Gasteiger partial charge in [-0.15, -0.1) is 0 Å². The smallest absolute Gasteiger partial charge is 0.354 e. The molecule has 6 heteroatoms. The third-order valence-electron chi connectivity index (χ3n) is 1.89. The maximum Gasteiger partial charge on any atom is 0.354 e. The van der Waals surface area contributed by atoms with E-state index in [1.807, 2.05) is 0 Å². The number of hydrogen-bond donors (Lipinski definition) is 4. The van der Waals surface area contributed by atoms with Crippen molar-refractivity contribution in [1.82, 2.24) is 15.2 Å². The number of nitrogen functional groups attached to an aromatic ring is 1. The number of aromatic nitrogens is 3. The predicted octanol–water partition coefficient (Wildman–Crippen LogP) is 0.685. The molecule has 0 aliphatic heterocycles. The summed E-state index contributed by atoms with van der Waals surface area (Å²) in [4.78, 5) is 13.6. The molecular weight excluding hydrogens is 184 g/mol. The second-order valence-corrected chi connectivity index (χ2v) is 2.76. The minimum Gasteiger partial charge on any atom is -0.477 e. The van der Waals surface area contributed by atoms with Gasteiger partial charge < -0.3 is 15.8 Å². The number of H-pyrrole nitrogens is 2.